The van der Waals surface area contributed by atoms with Crippen LogP contribution in [-0.4, -0.2) is 11.1 Å². The van der Waals surface area contributed by atoms with Crippen LogP contribution in [0.15, 0.2) is 12.1 Å². The molecule has 0 radical (unpaired) electrons. The van der Waals surface area contributed by atoms with Gasteiger partial charge in [-0.2, -0.15) is 5.26 Å². The first kappa shape index (κ1) is 11.5. The van der Waals surface area contributed by atoms with Crippen LogP contribution in [0.3, 0.4) is 0 Å². The second-order valence-electron chi connectivity index (χ2n) is 2.45. The number of nitriles is 1. The van der Waals surface area contributed by atoms with E-state index in [1.807, 2.05) is 6.07 Å². The van der Waals surface area contributed by atoms with Gasteiger partial charge in [0.15, 0.2) is 5.78 Å². The van der Waals surface area contributed by atoms with E-state index in [4.69, 9.17) is 28.5 Å². The lowest BCUT2D eigenvalue weighted by Crippen LogP contribution is -2.04. The Balaban J connectivity index is 3.45. The van der Waals surface area contributed by atoms with Gasteiger partial charge in [0.25, 0.3) is 0 Å². The summed E-state index contributed by atoms with van der Waals surface area (Å²) in [4.78, 5) is 11.4. The van der Waals surface area contributed by atoms with Crippen molar-refractivity contribution in [3.8, 4) is 6.07 Å². The van der Waals surface area contributed by atoms with Crippen LogP contribution >= 0.6 is 39.1 Å². The zero-order chi connectivity index (χ0) is 10.7. The van der Waals surface area contributed by atoms with Gasteiger partial charge in [0.1, 0.15) is 0 Å². The number of hydrogen-bond acceptors (Lipinski definition) is 2. The van der Waals surface area contributed by atoms with E-state index in [2.05, 4.69) is 15.9 Å². The Kier molecular flexibility index (Phi) is 3.94. The molecule has 5 heteroatoms. The zero-order valence-corrected chi connectivity index (χ0v) is 9.95. The van der Waals surface area contributed by atoms with Crippen molar-refractivity contribution in [3.05, 3.63) is 33.3 Å². The fourth-order valence-electron chi connectivity index (χ4n) is 0.983. The molecule has 1 aromatic rings. The molecule has 0 aliphatic heterocycles. The summed E-state index contributed by atoms with van der Waals surface area (Å²) in [6, 6.07) is 4.86. The van der Waals surface area contributed by atoms with Gasteiger partial charge in [0.05, 0.1) is 32.6 Å². The van der Waals surface area contributed by atoms with Gasteiger partial charge in [0.2, 0.25) is 0 Å². The third-order valence-electron chi connectivity index (χ3n) is 1.62. The third kappa shape index (κ3) is 2.09. The fraction of sp³-hybridized carbons (Fsp3) is 0.111. The van der Waals surface area contributed by atoms with Gasteiger partial charge in [-0.1, -0.05) is 39.1 Å². The van der Waals surface area contributed by atoms with E-state index in [1.54, 1.807) is 0 Å². The largest absolute Gasteiger partial charge is 0.293 e. The average Bonchev–Trinajstić information content (AvgIpc) is 2.20. The lowest BCUT2D eigenvalue weighted by molar-refractivity contribution is 0.102. The van der Waals surface area contributed by atoms with Gasteiger partial charge >= 0.3 is 0 Å². The minimum atomic E-state index is -0.256. The van der Waals surface area contributed by atoms with Crippen molar-refractivity contribution in [3.63, 3.8) is 0 Å². The highest BCUT2D eigenvalue weighted by molar-refractivity contribution is 9.09. The SMILES string of the molecule is N#Cc1ccc(Cl)c(Cl)c1C(=O)CBr. The Morgan fingerprint density at radius 2 is 2.14 bits per heavy atom. The Morgan fingerprint density at radius 3 is 2.64 bits per heavy atom. The monoisotopic (exact) mass is 291 g/mol. The van der Waals surface area contributed by atoms with Crippen molar-refractivity contribution in [2.45, 2.75) is 0 Å². The van der Waals surface area contributed by atoms with E-state index in [9.17, 15) is 4.79 Å². The number of halogens is 3. The number of carbonyl (C=O) groups excluding carboxylic acids is 1. The number of alkyl halides is 1. The molecule has 0 aliphatic rings. The minimum absolute atomic E-state index is 0.113. The molecule has 0 heterocycles. The van der Waals surface area contributed by atoms with Crippen LogP contribution < -0.4 is 0 Å². The first-order chi connectivity index (χ1) is 6.61. The van der Waals surface area contributed by atoms with Crippen molar-refractivity contribution in [1.82, 2.24) is 0 Å². The summed E-state index contributed by atoms with van der Waals surface area (Å²) in [5.41, 5.74) is 0.419. The van der Waals surface area contributed by atoms with Crippen molar-refractivity contribution < 1.29 is 4.79 Å². The van der Waals surface area contributed by atoms with Crippen molar-refractivity contribution in [1.29, 1.82) is 5.26 Å². The van der Waals surface area contributed by atoms with Crippen LogP contribution in [0.25, 0.3) is 0 Å². The van der Waals surface area contributed by atoms with Gasteiger partial charge < -0.3 is 0 Å². The quantitative estimate of drug-likeness (QED) is 0.619. The number of ketones is 1. The van der Waals surface area contributed by atoms with Gasteiger partial charge in [-0.05, 0) is 12.1 Å². The third-order valence-corrected chi connectivity index (χ3v) is 2.93. The standard InChI is InChI=1S/C9H4BrCl2NO/c10-3-7(14)8-5(4-13)1-2-6(11)9(8)12/h1-2H,3H2. The highest BCUT2D eigenvalue weighted by Crippen LogP contribution is 2.28. The smallest absolute Gasteiger partial charge is 0.176 e. The minimum Gasteiger partial charge on any atom is -0.293 e. The Hall–Kier alpha value is -0.560. The van der Waals surface area contributed by atoms with Crippen LogP contribution in [0, 0.1) is 11.3 Å². The van der Waals surface area contributed by atoms with Crippen LogP contribution in [0.5, 0.6) is 0 Å². The second-order valence-corrected chi connectivity index (χ2v) is 3.80. The molecule has 0 aliphatic carbocycles. The molecule has 0 bridgehead atoms. The van der Waals surface area contributed by atoms with E-state index in [0.29, 0.717) is 0 Å². The molecule has 14 heavy (non-hydrogen) atoms. The van der Waals surface area contributed by atoms with Crippen molar-refractivity contribution in [2.24, 2.45) is 0 Å². The molecule has 2 nitrogen and oxygen atoms in total. The van der Waals surface area contributed by atoms with E-state index < -0.39 is 0 Å². The fourth-order valence-corrected chi connectivity index (χ4v) is 1.69. The summed E-state index contributed by atoms with van der Waals surface area (Å²) in [5, 5.41) is 9.28. The molecule has 0 amide bonds. The van der Waals surface area contributed by atoms with Gasteiger partial charge in [-0.3, -0.25) is 4.79 Å². The molecule has 1 aromatic carbocycles. The molecule has 0 saturated heterocycles. The summed E-state index contributed by atoms with van der Waals surface area (Å²) in [7, 11) is 0. The summed E-state index contributed by atoms with van der Waals surface area (Å²) in [5.74, 6) is -0.256. The normalized spacial score (nSPS) is 9.57. The lowest BCUT2D eigenvalue weighted by atomic mass is 10.1. The zero-order valence-electron chi connectivity index (χ0n) is 6.85. The summed E-state index contributed by atoms with van der Waals surface area (Å²) >= 11 is 14.6. The highest BCUT2D eigenvalue weighted by Gasteiger charge is 2.16. The molecule has 0 saturated carbocycles. The Morgan fingerprint density at radius 1 is 1.50 bits per heavy atom. The number of hydrogen-bond donors (Lipinski definition) is 0. The first-order valence-corrected chi connectivity index (χ1v) is 5.46. The molecule has 0 spiro atoms. The maximum absolute atomic E-state index is 11.4. The van der Waals surface area contributed by atoms with Crippen LogP contribution in [0.2, 0.25) is 10.0 Å². The number of rotatable bonds is 2. The lowest BCUT2D eigenvalue weighted by Gasteiger charge is -2.04. The van der Waals surface area contributed by atoms with Crippen molar-refractivity contribution in [2.75, 3.05) is 5.33 Å². The molecular formula is C9H4BrCl2NO. The number of Topliss-reactive ketones (excluding diaryl/α,β-unsaturated/α-hetero) is 1. The molecule has 72 valence electrons. The second kappa shape index (κ2) is 4.79. The van der Waals surface area contributed by atoms with E-state index >= 15 is 0 Å². The van der Waals surface area contributed by atoms with E-state index in [1.165, 1.54) is 12.1 Å². The van der Waals surface area contributed by atoms with Crippen LogP contribution in [0.4, 0.5) is 0 Å². The van der Waals surface area contributed by atoms with E-state index in [0.717, 1.165) is 0 Å². The first-order valence-electron chi connectivity index (χ1n) is 3.59. The van der Waals surface area contributed by atoms with Crippen LogP contribution in [0.1, 0.15) is 15.9 Å². The topological polar surface area (TPSA) is 40.9 Å². The summed E-state index contributed by atoms with van der Waals surface area (Å²) in [6.07, 6.45) is 0. The maximum atomic E-state index is 11.4. The summed E-state index contributed by atoms with van der Waals surface area (Å²) < 4.78 is 0. The molecule has 0 aromatic heterocycles. The molecule has 1 rings (SSSR count). The van der Waals surface area contributed by atoms with E-state index in [-0.39, 0.29) is 32.3 Å². The summed E-state index contributed by atoms with van der Waals surface area (Å²) in [6.45, 7) is 0. The Labute approximate surface area is 99.6 Å². The maximum Gasteiger partial charge on any atom is 0.176 e. The van der Waals surface area contributed by atoms with Crippen molar-refractivity contribution >= 4 is 44.9 Å². The predicted octanol–water partition coefficient (Wildman–Crippen LogP) is 3.44. The molecule has 0 N–H and O–H groups in total. The predicted molar refractivity (Wildman–Crippen MR) is 59.3 cm³/mol. The molecule has 0 atom stereocenters. The van der Waals surface area contributed by atoms with Gasteiger partial charge in [-0.15, -0.1) is 0 Å². The van der Waals surface area contributed by atoms with Gasteiger partial charge in [-0.25, -0.2) is 0 Å². The van der Waals surface area contributed by atoms with Crippen LogP contribution in [-0.2, 0) is 0 Å². The number of benzene rings is 1. The average molecular weight is 293 g/mol. The van der Waals surface area contributed by atoms with Gasteiger partial charge in [0, 0.05) is 0 Å². The molecule has 0 unspecified atom stereocenters. The number of carbonyl (C=O) groups is 1. The molecular weight excluding hydrogens is 289 g/mol. The molecule has 0 fully saturated rings. The highest BCUT2D eigenvalue weighted by atomic mass is 79.9. The number of nitrogens with zero attached hydrogens (tertiary/aromatic N) is 1. The Bertz CT molecular complexity index is 426.